The van der Waals surface area contributed by atoms with Gasteiger partial charge in [0, 0.05) is 11.6 Å². The van der Waals surface area contributed by atoms with Gasteiger partial charge in [-0.05, 0) is 24.6 Å². The smallest absolute Gasteiger partial charge is 0.120 e. The van der Waals surface area contributed by atoms with Crippen molar-refractivity contribution >= 4 is 6.08 Å². The summed E-state index contributed by atoms with van der Waals surface area (Å²) in [4.78, 5) is 0. The molecule has 1 aromatic carbocycles. The van der Waals surface area contributed by atoms with Crippen molar-refractivity contribution in [2.75, 3.05) is 0 Å². The zero-order chi connectivity index (χ0) is 9.14. The Hall–Kier alpha value is -1.28. The molecule has 3 N–H and O–H groups in total. The first-order valence-corrected chi connectivity index (χ1v) is 3.86. The molecule has 12 heavy (non-hydrogen) atoms. The van der Waals surface area contributed by atoms with Gasteiger partial charge in [0.25, 0.3) is 0 Å². The van der Waals surface area contributed by atoms with Crippen LogP contribution in [0.15, 0.2) is 24.8 Å². The highest BCUT2D eigenvalue weighted by molar-refractivity contribution is 5.51. The third-order valence-corrected chi connectivity index (χ3v) is 1.78. The third kappa shape index (κ3) is 1.66. The molecule has 0 heterocycles. The summed E-state index contributed by atoms with van der Waals surface area (Å²) in [6.45, 7) is 5.47. The Kier molecular flexibility index (Phi) is 2.51. The maximum Gasteiger partial charge on any atom is 0.120 e. The lowest BCUT2D eigenvalue weighted by Crippen LogP contribution is -2.05. The normalized spacial score (nSPS) is 12.5. The molecule has 64 valence electrons. The molecule has 0 unspecified atom stereocenters. The van der Waals surface area contributed by atoms with Gasteiger partial charge in [-0.15, -0.1) is 0 Å². The number of hydrogen-bond acceptors (Lipinski definition) is 2. The molecular weight excluding hydrogens is 150 g/mol. The Morgan fingerprint density at radius 3 is 2.75 bits per heavy atom. The molecule has 0 aromatic heterocycles. The summed E-state index contributed by atoms with van der Waals surface area (Å²) in [5, 5.41) is 9.39. The number of nitrogens with two attached hydrogens (primary N) is 1. The first kappa shape index (κ1) is 8.81. The molecule has 2 heteroatoms. The topological polar surface area (TPSA) is 46.2 Å². The van der Waals surface area contributed by atoms with Crippen molar-refractivity contribution in [3.05, 3.63) is 35.9 Å². The van der Waals surface area contributed by atoms with Crippen LogP contribution in [-0.4, -0.2) is 5.11 Å². The Morgan fingerprint density at radius 2 is 2.25 bits per heavy atom. The van der Waals surface area contributed by atoms with Crippen molar-refractivity contribution in [3.8, 4) is 5.75 Å². The lowest BCUT2D eigenvalue weighted by molar-refractivity contribution is 0.464. The minimum atomic E-state index is -0.148. The number of hydrogen-bond donors (Lipinski definition) is 2. The Balaban J connectivity index is 3.16. The molecule has 1 rings (SSSR count). The molecule has 0 saturated carbocycles. The summed E-state index contributed by atoms with van der Waals surface area (Å²) < 4.78 is 0. The van der Waals surface area contributed by atoms with Crippen molar-refractivity contribution in [1.29, 1.82) is 0 Å². The van der Waals surface area contributed by atoms with Crippen LogP contribution in [0.1, 0.15) is 24.1 Å². The van der Waals surface area contributed by atoms with E-state index in [9.17, 15) is 5.11 Å². The van der Waals surface area contributed by atoms with Gasteiger partial charge < -0.3 is 10.8 Å². The van der Waals surface area contributed by atoms with Crippen LogP contribution in [0.2, 0.25) is 0 Å². The molecule has 2 nitrogen and oxygen atoms in total. The molecule has 0 fully saturated rings. The van der Waals surface area contributed by atoms with E-state index in [1.54, 1.807) is 18.2 Å². The molecule has 0 aliphatic rings. The summed E-state index contributed by atoms with van der Waals surface area (Å²) in [6, 6.07) is 5.13. The molecular formula is C10H13NO. The average Bonchev–Trinajstić information content (AvgIpc) is 2.05. The molecule has 0 aliphatic heterocycles. The second-order valence-corrected chi connectivity index (χ2v) is 2.81. The van der Waals surface area contributed by atoms with E-state index in [1.807, 2.05) is 13.0 Å². The molecule has 0 bridgehead atoms. The van der Waals surface area contributed by atoms with Gasteiger partial charge in [-0.3, -0.25) is 0 Å². The third-order valence-electron chi connectivity index (χ3n) is 1.78. The predicted molar refractivity (Wildman–Crippen MR) is 50.8 cm³/mol. The van der Waals surface area contributed by atoms with E-state index >= 15 is 0 Å². The van der Waals surface area contributed by atoms with Gasteiger partial charge in [-0.2, -0.15) is 0 Å². The standard InChI is InChI=1S/C10H13NO/c1-3-8-4-5-10(12)9(6-8)7(2)11/h3-7,12H,1,11H2,2H3/t7-/m1/s1. The number of aromatic hydroxyl groups is 1. The van der Waals surface area contributed by atoms with Gasteiger partial charge in [0.1, 0.15) is 5.75 Å². The van der Waals surface area contributed by atoms with Crippen molar-refractivity contribution in [2.45, 2.75) is 13.0 Å². The first-order chi connectivity index (χ1) is 5.65. The summed E-state index contributed by atoms with van der Waals surface area (Å²) in [5.41, 5.74) is 7.37. The number of phenolic OH excluding ortho intramolecular Hbond substituents is 1. The van der Waals surface area contributed by atoms with Crippen LogP contribution in [0, 0.1) is 0 Å². The largest absolute Gasteiger partial charge is 0.508 e. The summed E-state index contributed by atoms with van der Waals surface area (Å²) in [6.07, 6.45) is 1.73. The maximum atomic E-state index is 9.39. The summed E-state index contributed by atoms with van der Waals surface area (Å²) >= 11 is 0. The number of benzene rings is 1. The van der Waals surface area contributed by atoms with Gasteiger partial charge in [-0.1, -0.05) is 18.7 Å². The highest BCUT2D eigenvalue weighted by Gasteiger charge is 2.05. The zero-order valence-electron chi connectivity index (χ0n) is 7.12. The van der Waals surface area contributed by atoms with Crippen LogP contribution in [0.25, 0.3) is 6.08 Å². The molecule has 0 amide bonds. The fourth-order valence-corrected chi connectivity index (χ4v) is 1.06. The minimum absolute atomic E-state index is 0.148. The van der Waals surface area contributed by atoms with Crippen LogP contribution in [0.5, 0.6) is 5.75 Å². The number of phenols is 1. The quantitative estimate of drug-likeness (QED) is 0.701. The van der Waals surface area contributed by atoms with Crippen molar-refractivity contribution in [2.24, 2.45) is 5.73 Å². The summed E-state index contributed by atoms with van der Waals surface area (Å²) in [7, 11) is 0. The molecule has 1 aromatic rings. The van der Waals surface area contributed by atoms with E-state index in [2.05, 4.69) is 6.58 Å². The van der Waals surface area contributed by atoms with Crippen molar-refractivity contribution in [3.63, 3.8) is 0 Å². The summed E-state index contributed by atoms with van der Waals surface area (Å²) in [5.74, 6) is 0.246. The molecule has 0 radical (unpaired) electrons. The second kappa shape index (κ2) is 3.41. The Labute approximate surface area is 72.3 Å². The minimum Gasteiger partial charge on any atom is -0.508 e. The SMILES string of the molecule is C=Cc1ccc(O)c([C@@H](C)N)c1. The molecule has 0 aliphatic carbocycles. The Bertz CT molecular complexity index is 292. The first-order valence-electron chi connectivity index (χ1n) is 3.86. The van der Waals surface area contributed by atoms with E-state index < -0.39 is 0 Å². The van der Waals surface area contributed by atoms with Crippen molar-refractivity contribution < 1.29 is 5.11 Å². The lowest BCUT2D eigenvalue weighted by Gasteiger charge is -2.08. The van der Waals surface area contributed by atoms with Gasteiger partial charge in [-0.25, -0.2) is 0 Å². The highest BCUT2D eigenvalue weighted by atomic mass is 16.3. The highest BCUT2D eigenvalue weighted by Crippen LogP contribution is 2.23. The lowest BCUT2D eigenvalue weighted by atomic mass is 10.0. The van der Waals surface area contributed by atoms with Gasteiger partial charge in [0.05, 0.1) is 0 Å². The van der Waals surface area contributed by atoms with Gasteiger partial charge >= 0.3 is 0 Å². The fourth-order valence-electron chi connectivity index (χ4n) is 1.06. The van der Waals surface area contributed by atoms with E-state index in [0.29, 0.717) is 0 Å². The maximum absolute atomic E-state index is 9.39. The monoisotopic (exact) mass is 163 g/mol. The average molecular weight is 163 g/mol. The van der Waals surface area contributed by atoms with Crippen LogP contribution in [0.4, 0.5) is 0 Å². The fraction of sp³-hybridized carbons (Fsp3) is 0.200. The van der Waals surface area contributed by atoms with Crippen molar-refractivity contribution in [1.82, 2.24) is 0 Å². The Morgan fingerprint density at radius 1 is 1.58 bits per heavy atom. The number of rotatable bonds is 2. The van der Waals surface area contributed by atoms with Crippen LogP contribution in [0.3, 0.4) is 0 Å². The van der Waals surface area contributed by atoms with E-state index in [-0.39, 0.29) is 11.8 Å². The van der Waals surface area contributed by atoms with Crippen LogP contribution < -0.4 is 5.73 Å². The molecule has 0 spiro atoms. The molecule has 1 atom stereocenters. The van der Waals surface area contributed by atoms with Crippen LogP contribution >= 0.6 is 0 Å². The van der Waals surface area contributed by atoms with Crippen LogP contribution in [-0.2, 0) is 0 Å². The zero-order valence-corrected chi connectivity index (χ0v) is 7.12. The molecule has 0 saturated heterocycles. The van der Waals surface area contributed by atoms with E-state index in [4.69, 9.17) is 5.73 Å². The van der Waals surface area contributed by atoms with E-state index in [1.165, 1.54) is 0 Å². The van der Waals surface area contributed by atoms with Gasteiger partial charge in [0.15, 0.2) is 0 Å². The predicted octanol–water partition coefficient (Wildman–Crippen LogP) is 2.05. The van der Waals surface area contributed by atoms with E-state index in [0.717, 1.165) is 11.1 Å². The second-order valence-electron chi connectivity index (χ2n) is 2.81. The van der Waals surface area contributed by atoms with Gasteiger partial charge in [0.2, 0.25) is 0 Å².